The van der Waals surface area contributed by atoms with Crippen LogP contribution in [0.2, 0.25) is 0 Å². The summed E-state index contributed by atoms with van der Waals surface area (Å²) in [5.41, 5.74) is 0.883. The van der Waals surface area contributed by atoms with E-state index in [0.29, 0.717) is 5.30 Å². The van der Waals surface area contributed by atoms with E-state index in [1.165, 1.54) is 0 Å². The molecule has 1 N–H and O–H groups in total. The van der Waals surface area contributed by atoms with Crippen LogP contribution in [0.25, 0.3) is 0 Å². The van der Waals surface area contributed by atoms with Crippen LogP contribution in [0.15, 0.2) is 24.3 Å². The number of aryl methyl sites for hydroxylation is 1. The van der Waals surface area contributed by atoms with E-state index in [-0.39, 0.29) is 23.1 Å². The number of hydrogen-bond acceptors (Lipinski definition) is 1. The van der Waals surface area contributed by atoms with Crippen molar-refractivity contribution in [2.45, 2.75) is 6.92 Å². The summed E-state index contributed by atoms with van der Waals surface area (Å²) in [5, 5.41) is 0.563. The standard InChI is InChI=1S/C7H9O2P.Mg.2H/c1-6-4-2-3-5-7(6)10(8)9;;;/h2-5,10H,1H3,(H,8,9);;;. The molecule has 0 aliphatic carbocycles. The maximum absolute atomic E-state index is 10.6. The zero-order valence-electron chi connectivity index (χ0n) is 5.66. The molecular weight excluding hydrogens is 171 g/mol. The van der Waals surface area contributed by atoms with Gasteiger partial charge in [-0.25, -0.2) is 0 Å². The molecule has 0 saturated carbocycles. The van der Waals surface area contributed by atoms with Crippen molar-refractivity contribution in [3.63, 3.8) is 0 Å². The molecule has 0 heterocycles. The zero-order chi connectivity index (χ0) is 7.56. The third-order valence-corrected chi connectivity index (χ3v) is 2.40. The van der Waals surface area contributed by atoms with Crippen molar-refractivity contribution in [2.75, 3.05) is 0 Å². The van der Waals surface area contributed by atoms with Crippen LogP contribution in [-0.2, 0) is 4.57 Å². The summed E-state index contributed by atoms with van der Waals surface area (Å²) in [4.78, 5) is 8.75. The quantitative estimate of drug-likeness (QED) is 0.497. The van der Waals surface area contributed by atoms with Gasteiger partial charge in [-0.3, -0.25) is 4.57 Å². The Balaban J connectivity index is 0.000001000. The van der Waals surface area contributed by atoms with Crippen LogP contribution in [0.5, 0.6) is 0 Å². The lowest BCUT2D eigenvalue weighted by Gasteiger charge is -1.97. The molecule has 1 aromatic carbocycles. The van der Waals surface area contributed by atoms with E-state index in [0.717, 1.165) is 5.56 Å². The van der Waals surface area contributed by atoms with Crippen LogP contribution in [0.4, 0.5) is 0 Å². The van der Waals surface area contributed by atoms with Gasteiger partial charge >= 0.3 is 23.1 Å². The van der Waals surface area contributed by atoms with Gasteiger partial charge in [-0.2, -0.15) is 0 Å². The molecule has 0 fully saturated rings. The highest BCUT2D eigenvalue weighted by atomic mass is 31.1. The third kappa shape index (κ3) is 2.95. The summed E-state index contributed by atoms with van der Waals surface area (Å²) < 4.78 is 10.6. The summed E-state index contributed by atoms with van der Waals surface area (Å²) in [5.74, 6) is 0. The smallest absolute Gasteiger partial charge is 0.316 e. The lowest BCUT2D eigenvalue weighted by atomic mass is 10.2. The van der Waals surface area contributed by atoms with Gasteiger partial charge in [0.15, 0.2) is 0 Å². The van der Waals surface area contributed by atoms with Gasteiger partial charge in [-0.15, -0.1) is 0 Å². The first kappa shape index (κ1) is 11.2. The zero-order valence-corrected chi connectivity index (χ0v) is 6.66. The minimum absolute atomic E-state index is 0. The molecule has 0 saturated heterocycles. The molecule has 58 valence electrons. The second-order valence-electron chi connectivity index (χ2n) is 2.12. The third-order valence-electron chi connectivity index (χ3n) is 1.38. The highest BCUT2D eigenvalue weighted by Crippen LogP contribution is 2.14. The van der Waals surface area contributed by atoms with Crippen LogP contribution in [0, 0.1) is 6.92 Å². The van der Waals surface area contributed by atoms with Crippen molar-refractivity contribution in [2.24, 2.45) is 0 Å². The SMILES string of the molecule is Cc1ccccc1[PH](=O)O.[MgH2]. The normalized spacial score (nSPS) is 11.8. The molecule has 0 bridgehead atoms. The van der Waals surface area contributed by atoms with Gasteiger partial charge in [0.1, 0.15) is 0 Å². The molecule has 0 aliphatic heterocycles. The molecule has 1 rings (SSSR count). The van der Waals surface area contributed by atoms with Crippen molar-refractivity contribution in [1.82, 2.24) is 0 Å². The van der Waals surface area contributed by atoms with Crippen LogP contribution < -0.4 is 5.30 Å². The van der Waals surface area contributed by atoms with Gasteiger partial charge in [0, 0.05) is 5.30 Å². The number of hydrogen-bond donors (Lipinski definition) is 1. The molecule has 1 atom stereocenters. The average Bonchev–Trinajstić information content (AvgIpc) is 1.88. The van der Waals surface area contributed by atoms with Crippen LogP contribution >= 0.6 is 8.03 Å². The highest BCUT2D eigenvalue weighted by Gasteiger charge is 1.99. The number of rotatable bonds is 1. The first-order chi connectivity index (χ1) is 4.72. The van der Waals surface area contributed by atoms with E-state index in [1.54, 1.807) is 12.1 Å². The first-order valence-corrected chi connectivity index (χ1v) is 4.36. The fraction of sp³-hybridized carbons (Fsp3) is 0.143. The second kappa shape index (κ2) is 4.94. The summed E-state index contributed by atoms with van der Waals surface area (Å²) in [6.45, 7) is 1.83. The molecule has 1 aromatic rings. The van der Waals surface area contributed by atoms with Crippen LogP contribution in [0.1, 0.15) is 5.56 Å². The molecule has 4 heteroatoms. The van der Waals surface area contributed by atoms with Gasteiger partial charge in [0.05, 0.1) is 0 Å². The predicted molar refractivity (Wildman–Crippen MR) is 50.6 cm³/mol. The maximum atomic E-state index is 10.6. The van der Waals surface area contributed by atoms with Gasteiger partial charge in [0.2, 0.25) is 8.03 Å². The fourth-order valence-corrected chi connectivity index (χ4v) is 1.47. The lowest BCUT2D eigenvalue weighted by molar-refractivity contribution is 0.513. The first-order valence-electron chi connectivity index (χ1n) is 3.01. The molecule has 1 unspecified atom stereocenters. The average molecular weight is 182 g/mol. The molecule has 11 heavy (non-hydrogen) atoms. The van der Waals surface area contributed by atoms with Crippen molar-refractivity contribution in [1.29, 1.82) is 0 Å². The topological polar surface area (TPSA) is 37.3 Å². The van der Waals surface area contributed by atoms with Crippen molar-refractivity contribution in [3.05, 3.63) is 29.8 Å². The summed E-state index contributed by atoms with van der Waals surface area (Å²) >= 11 is 0. The minimum atomic E-state index is -2.49. The van der Waals surface area contributed by atoms with E-state index in [1.807, 2.05) is 19.1 Å². The largest absolute Gasteiger partial charge is 0.343 e. The Morgan fingerprint density at radius 1 is 1.36 bits per heavy atom. The molecule has 0 aromatic heterocycles. The van der Waals surface area contributed by atoms with Crippen molar-refractivity contribution >= 4 is 36.4 Å². The summed E-state index contributed by atoms with van der Waals surface area (Å²) in [6, 6.07) is 7.12. The van der Waals surface area contributed by atoms with Crippen LogP contribution in [0.3, 0.4) is 0 Å². The van der Waals surface area contributed by atoms with E-state index in [4.69, 9.17) is 4.89 Å². The fourth-order valence-electron chi connectivity index (χ4n) is 0.813. The Morgan fingerprint density at radius 2 is 1.91 bits per heavy atom. The molecular formula is C7H11MgO2P. The van der Waals surface area contributed by atoms with Gasteiger partial charge in [-0.1, -0.05) is 18.2 Å². The summed E-state index contributed by atoms with van der Waals surface area (Å²) in [7, 11) is -2.49. The molecule has 2 nitrogen and oxygen atoms in total. The minimum Gasteiger partial charge on any atom is -0.343 e. The van der Waals surface area contributed by atoms with Crippen molar-refractivity contribution < 1.29 is 9.46 Å². The van der Waals surface area contributed by atoms with Gasteiger partial charge < -0.3 is 4.89 Å². The van der Waals surface area contributed by atoms with E-state index < -0.39 is 8.03 Å². The highest BCUT2D eigenvalue weighted by molar-refractivity contribution is 7.47. The maximum Gasteiger partial charge on any atom is 0.316 e. The molecule has 0 radical (unpaired) electrons. The predicted octanol–water partition coefficient (Wildman–Crippen LogP) is 0.171. The van der Waals surface area contributed by atoms with Crippen LogP contribution in [-0.4, -0.2) is 27.9 Å². The molecule has 0 aliphatic rings. The monoisotopic (exact) mass is 182 g/mol. The Labute approximate surface area is 82.7 Å². The Hall–Kier alpha value is 0.176. The van der Waals surface area contributed by atoms with E-state index in [9.17, 15) is 4.57 Å². The second-order valence-corrected chi connectivity index (χ2v) is 3.27. The molecule has 0 amide bonds. The summed E-state index contributed by atoms with van der Waals surface area (Å²) in [6.07, 6.45) is 0. The lowest BCUT2D eigenvalue weighted by Crippen LogP contribution is -1.99. The van der Waals surface area contributed by atoms with Gasteiger partial charge in [-0.05, 0) is 18.6 Å². The Bertz CT molecular complexity index is 262. The van der Waals surface area contributed by atoms with Crippen molar-refractivity contribution in [3.8, 4) is 0 Å². The Morgan fingerprint density at radius 3 is 2.27 bits per heavy atom. The number of benzene rings is 1. The Kier molecular flexibility index (Phi) is 5.01. The van der Waals surface area contributed by atoms with Gasteiger partial charge in [0.25, 0.3) is 0 Å². The molecule has 0 spiro atoms. The van der Waals surface area contributed by atoms with E-state index >= 15 is 0 Å². The van der Waals surface area contributed by atoms with E-state index in [2.05, 4.69) is 0 Å².